The predicted molar refractivity (Wildman–Crippen MR) is 92.5 cm³/mol. The Morgan fingerprint density at radius 1 is 1.00 bits per heavy atom. The van der Waals surface area contributed by atoms with Crippen molar-refractivity contribution in [3.63, 3.8) is 0 Å². The zero-order valence-electron chi connectivity index (χ0n) is 13.2. The summed E-state index contributed by atoms with van der Waals surface area (Å²) < 4.78 is 0. The number of hydrogen-bond acceptors (Lipinski definition) is 0. The number of rotatable bonds is 3. The van der Waals surface area contributed by atoms with Gasteiger partial charge in [0.2, 0.25) is 0 Å². The lowest BCUT2D eigenvalue weighted by Crippen LogP contribution is -2.23. The molecule has 1 atom stereocenters. The molecule has 0 radical (unpaired) electrons. The van der Waals surface area contributed by atoms with Gasteiger partial charge in [-0.15, -0.1) is 0 Å². The van der Waals surface area contributed by atoms with E-state index in [0.717, 1.165) is 22.8 Å². The van der Waals surface area contributed by atoms with Crippen LogP contribution in [0, 0.1) is 17.8 Å². The third-order valence-electron chi connectivity index (χ3n) is 5.81. The molecule has 1 heteroatoms. The minimum absolute atomic E-state index is 0.908. The number of halogens is 1. The molecule has 1 saturated carbocycles. The van der Waals surface area contributed by atoms with Gasteiger partial charge in [-0.2, -0.15) is 0 Å². The van der Waals surface area contributed by atoms with Gasteiger partial charge in [-0.05, 0) is 67.1 Å². The molecular weight excluding hydrogens is 276 g/mol. The van der Waals surface area contributed by atoms with Gasteiger partial charge >= 0.3 is 0 Å². The SMILES string of the molecule is CCC1CCC(C2CC=C(c3ccccc3Cl)CC2)CC1. The smallest absolute Gasteiger partial charge is 0.0481 e. The Hall–Kier alpha value is -0.750. The molecule has 2 aliphatic rings. The lowest BCUT2D eigenvalue weighted by molar-refractivity contribution is 0.192. The van der Waals surface area contributed by atoms with Gasteiger partial charge < -0.3 is 0 Å². The Labute approximate surface area is 134 Å². The summed E-state index contributed by atoms with van der Waals surface area (Å²) in [6, 6.07) is 8.29. The van der Waals surface area contributed by atoms with Gasteiger partial charge in [-0.3, -0.25) is 0 Å². The monoisotopic (exact) mass is 302 g/mol. The van der Waals surface area contributed by atoms with Crippen LogP contribution in [-0.2, 0) is 0 Å². The molecule has 1 aromatic rings. The van der Waals surface area contributed by atoms with Crippen LogP contribution in [0.5, 0.6) is 0 Å². The van der Waals surface area contributed by atoms with Crippen LogP contribution in [0.1, 0.15) is 63.9 Å². The van der Waals surface area contributed by atoms with Crippen molar-refractivity contribution in [3.8, 4) is 0 Å². The third-order valence-corrected chi connectivity index (χ3v) is 6.14. The molecule has 3 rings (SSSR count). The maximum absolute atomic E-state index is 6.33. The van der Waals surface area contributed by atoms with Crippen molar-refractivity contribution in [2.75, 3.05) is 0 Å². The molecule has 0 amide bonds. The summed E-state index contributed by atoms with van der Waals surface area (Å²) in [6.45, 7) is 2.35. The third kappa shape index (κ3) is 3.54. The molecule has 1 unspecified atom stereocenters. The largest absolute Gasteiger partial charge is 0.0837 e. The second-order valence-electron chi connectivity index (χ2n) is 6.93. The Balaban J connectivity index is 1.61. The maximum Gasteiger partial charge on any atom is 0.0481 e. The molecule has 1 fully saturated rings. The minimum Gasteiger partial charge on any atom is -0.0837 e. The lowest BCUT2D eigenvalue weighted by Gasteiger charge is -2.35. The fourth-order valence-corrected chi connectivity index (χ4v) is 4.57. The van der Waals surface area contributed by atoms with Crippen molar-refractivity contribution < 1.29 is 0 Å². The Morgan fingerprint density at radius 3 is 2.38 bits per heavy atom. The number of benzene rings is 1. The molecule has 0 aliphatic heterocycles. The molecule has 1 aromatic carbocycles. The standard InChI is InChI=1S/C20H27Cl/c1-2-15-7-9-16(10-8-15)17-11-13-18(14-12-17)19-5-3-4-6-20(19)21/h3-6,13,15-17H,2,7-12,14H2,1H3. The lowest BCUT2D eigenvalue weighted by atomic mass is 9.70. The van der Waals surface area contributed by atoms with Gasteiger partial charge in [0.25, 0.3) is 0 Å². The highest BCUT2D eigenvalue weighted by molar-refractivity contribution is 6.32. The van der Waals surface area contributed by atoms with E-state index in [1.807, 2.05) is 12.1 Å². The van der Waals surface area contributed by atoms with Crippen LogP contribution in [0.2, 0.25) is 5.02 Å². The Kier molecular flexibility index (Phi) is 5.06. The van der Waals surface area contributed by atoms with E-state index in [-0.39, 0.29) is 0 Å². The molecule has 0 saturated heterocycles. The van der Waals surface area contributed by atoms with E-state index in [0.29, 0.717) is 0 Å². The first-order chi connectivity index (χ1) is 10.3. The summed E-state index contributed by atoms with van der Waals surface area (Å²) in [4.78, 5) is 0. The van der Waals surface area contributed by atoms with Crippen molar-refractivity contribution in [3.05, 3.63) is 40.9 Å². The Morgan fingerprint density at radius 2 is 1.76 bits per heavy atom. The van der Waals surface area contributed by atoms with E-state index in [4.69, 9.17) is 11.6 Å². The van der Waals surface area contributed by atoms with Crippen molar-refractivity contribution in [2.24, 2.45) is 17.8 Å². The summed E-state index contributed by atoms with van der Waals surface area (Å²) in [6.07, 6.45) is 13.6. The van der Waals surface area contributed by atoms with Crippen LogP contribution in [0.25, 0.3) is 5.57 Å². The van der Waals surface area contributed by atoms with Gasteiger partial charge in [-0.1, -0.05) is 62.1 Å². The van der Waals surface area contributed by atoms with Crippen molar-refractivity contribution in [1.29, 1.82) is 0 Å². The average Bonchev–Trinajstić information content (AvgIpc) is 2.56. The molecule has 0 nitrogen and oxygen atoms in total. The molecule has 0 N–H and O–H groups in total. The van der Waals surface area contributed by atoms with Gasteiger partial charge in [0, 0.05) is 5.02 Å². The predicted octanol–water partition coefficient (Wildman–Crippen LogP) is 6.74. The average molecular weight is 303 g/mol. The van der Waals surface area contributed by atoms with E-state index in [1.165, 1.54) is 62.5 Å². The number of hydrogen-bond donors (Lipinski definition) is 0. The zero-order valence-corrected chi connectivity index (χ0v) is 13.9. The summed E-state index contributed by atoms with van der Waals surface area (Å²) >= 11 is 6.33. The van der Waals surface area contributed by atoms with Crippen molar-refractivity contribution in [1.82, 2.24) is 0 Å². The van der Waals surface area contributed by atoms with Gasteiger partial charge in [0.15, 0.2) is 0 Å². The highest BCUT2D eigenvalue weighted by Crippen LogP contribution is 2.42. The molecule has 114 valence electrons. The fraction of sp³-hybridized carbons (Fsp3) is 0.600. The van der Waals surface area contributed by atoms with Crippen LogP contribution in [-0.4, -0.2) is 0 Å². The molecule has 0 aromatic heterocycles. The number of allylic oxidation sites excluding steroid dienone is 2. The van der Waals surface area contributed by atoms with Crippen molar-refractivity contribution in [2.45, 2.75) is 58.3 Å². The van der Waals surface area contributed by atoms with E-state index >= 15 is 0 Å². The van der Waals surface area contributed by atoms with E-state index in [2.05, 4.69) is 25.1 Å². The quantitative estimate of drug-likeness (QED) is 0.580. The first-order valence-corrected chi connectivity index (χ1v) is 9.09. The molecule has 0 spiro atoms. The van der Waals surface area contributed by atoms with Crippen molar-refractivity contribution >= 4 is 17.2 Å². The van der Waals surface area contributed by atoms with Gasteiger partial charge in [0.1, 0.15) is 0 Å². The summed E-state index contributed by atoms with van der Waals surface area (Å²) in [5.74, 6) is 2.92. The first kappa shape index (κ1) is 15.2. The molecular formula is C20H27Cl. The maximum atomic E-state index is 6.33. The summed E-state index contributed by atoms with van der Waals surface area (Å²) in [5, 5.41) is 0.908. The van der Waals surface area contributed by atoms with E-state index in [9.17, 15) is 0 Å². The van der Waals surface area contributed by atoms with Crippen LogP contribution in [0.4, 0.5) is 0 Å². The second kappa shape index (κ2) is 7.01. The van der Waals surface area contributed by atoms with Crippen LogP contribution in [0.3, 0.4) is 0 Å². The minimum atomic E-state index is 0.908. The summed E-state index contributed by atoms with van der Waals surface area (Å²) in [5.41, 5.74) is 2.73. The summed E-state index contributed by atoms with van der Waals surface area (Å²) in [7, 11) is 0. The zero-order chi connectivity index (χ0) is 14.7. The highest BCUT2D eigenvalue weighted by atomic mass is 35.5. The van der Waals surface area contributed by atoms with E-state index < -0.39 is 0 Å². The normalized spacial score (nSPS) is 30.0. The second-order valence-corrected chi connectivity index (χ2v) is 7.34. The molecule has 21 heavy (non-hydrogen) atoms. The van der Waals surface area contributed by atoms with Gasteiger partial charge in [0.05, 0.1) is 0 Å². The Bertz CT molecular complexity index is 494. The van der Waals surface area contributed by atoms with E-state index in [1.54, 1.807) is 0 Å². The van der Waals surface area contributed by atoms with Crippen LogP contribution in [0.15, 0.2) is 30.3 Å². The highest BCUT2D eigenvalue weighted by Gasteiger charge is 2.28. The fourth-order valence-electron chi connectivity index (χ4n) is 4.32. The first-order valence-electron chi connectivity index (χ1n) is 8.71. The van der Waals surface area contributed by atoms with Crippen LogP contribution < -0.4 is 0 Å². The molecule has 0 heterocycles. The molecule has 2 aliphatic carbocycles. The van der Waals surface area contributed by atoms with Crippen LogP contribution >= 0.6 is 11.6 Å². The molecule has 0 bridgehead atoms. The topological polar surface area (TPSA) is 0 Å². The van der Waals surface area contributed by atoms with Gasteiger partial charge in [-0.25, -0.2) is 0 Å².